The molecule has 0 fully saturated rings. The summed E-state index contributed by atoms with van der Waals surface area (Å²) in [4.78, 5) is 27.2. The molecule has 0 unspecified atom stereocenters. The SMILES string of the molecule is CC(C)CC(=O)N1CCc2ccc(O[C@@H](C)C(=O)NC(C)C)cc2[C@@H]1c1cccc(F)c1. The second kappa shape index (κ2) is 10.2. The molecule has 5 nitrogen and oxygen atoms in total. The average Bonchev–Trinajstić information content (AvgIpc) is 2.71. The number of fused-ring (bicyclic) bond motifs is 1. The first-order chi connectivity index (χ1) is 15.2. The van der Waals surface area contributed by atoms with E-state index in [4.69, 9.17) is 4.74 Å². The molecule has 2 atom stereocenters. The van der Waals surface area contributed by atoms with Gasteiger partial charge in [-0.2, -0.15) is 0 Å². The summed E-state index contributed by atoms with van der Waals surface area (Å²) in [6, 6.07) is 11.8. The lowest BCUT2D eigenvalue weighted by Crippen LogP contribution is -2.41. The van der Waals surface area contributed by atoms with E-state index >= 15 is 0 Å². The van der Waals surface area contributed by atoms with Gasteiger partial charge in [-0.15, -0.1) is 0 Å². The molecule has 0 saturated carbocycles. The minimum atomic E-state index is -0.662. The first kappa shape index (κ1) is 23.8. The highest BCUT2D eigenvalue weighted by molar-refractivity contribution is 5.81. The van der Waals surface area contributed by atoms with E-state index in [0.29, 0.717) is 25.1 Å². The van der Waals surface area contributed by atoms with Crippen LogP contribution in [-0.4, -0.2) is 35.4 Å². The van der Waals surface area contributed by atoms with Crippen LogP contribution >= 0.6 is 0 Å². The van der Waals surface area contributed by atoms with E-state index in [1.54, 1.807) is 13.0 Å². The van der Waals surface area contributed by atoms with Gasteiger partial charge in [0, 0.05) is 19.0 Å². The smallest absolute Gasteiger partial charge is 0.260 e. The van der Waals surface area contributed by atoms with Crippen LogP contribution in [0.4, 0.5) is 4.39 Å². The van der Waals surface area contributed by atoms with Crippen LogP contribution in [-0.2, 0) is 16.0 Å². The van der Waals surface area contributed by atoms with E-state index in [9.17, 15) is 14.0 Å². The standard InChI is InChI=1S/C26H33FN2O3/c1-16(2)13-24(30)29-12-11-19-9-10-22(32-18(5)26(31)28-17(3)4)15-23(19)25(29)20-7-6-8-21(27)14-20/h6-10,14-18,25H,11-13H2,1-5H3,(H,28,31)/t18-,25-/m0/s1. The minimum absolute atomic E-state index is 0.0231. The number of nitrogens with one attached hydrogen (secondary N) is 1. The molecule has 1 aliphatic rings. The van der Waals surface area contributed by atoms with Gasteiger partial charge in [0.2, 0.25) is 5.91 Å². The number of carbonyl (C=O) groups is 2. The second-order valence-electron chi connectivity index (χ2n) is 9.18. The average molecular weight is 441 g/mol. The second-order valence-corrected chi connectivity index (χ2v) is 9.18. The van der Waals surface area contributed by atoms with Crippen LogP contribution in [0.1, 0.15) is 63.8 Å². The molecule has 172 valence electrons. The highest BCUT2D eigenvalue weighted by Crippen LogP contribution is 2.38. The molecule has 6 heteroatoms. The van der Waals surface area contributed by atoms with E-state index in [2.05, 4.69) is 5.32 Å². The first-order valence-corrected chi connectivity index (χ1v) is 11.3. The summed E-state index contributed by atoms with van der Waals surface area (Å²) in [7, 11) is 0. The minimum Gasteiger partial charge on any atom is -0.481 e. The molecule has 2 aromatic carbocycles. The zero-order valence-corrected chi connectivity index (χ0v) is 19.5. The van der Waals surface area contributed by atoms with E-state index < -0.39 is 12.1 Å². The van der Waals surface area contributed by atoms with Crippen molar-refractivity contribution in [2.45, 2.75) is 65.6 Å². The van der Waals surface area contributed by atoms with Crippen LogP contribution < -0.4 is 10.1 Å². The molecule has 0 radical (unpaired) electrons. The maximum atomic E-state index is 14.1. The van der Waals surface area contributed by atoms with Crippen molar-refractivity contribution in [1.82, 2.24) is 10.2 Å². The Morgan fingerprint density at radius 3 is 2.53 bits per heavy atom. The Morgan fingerprint density at radius 2 is 1.88 bits per heavy atom. The van der Waals surface area contributed by atoms with Crippen LogP contribution in [0, 0.1) is 11.7 Å². The number of carbonyl (C=O) groups excluding carboxylic acids is 2. The van der Waals surface area contributed by atoms with Crippen molar-refractivity contribution in [3.05, 3.63) is 65.0 Å². The van der Waals surface area contributed by atoms with Gasteiger partial charge in [-0.25, -0.2) is 4.39 Å². The van der Waals surface area contributed by atoms with Gasteiger partial charge in [-0.1, -0.05) is 32.0 Å². The lowest BCUT2D eigenvalue weighted by atomic mass is 9.87. The van der Waals surface area contributed by atoms with E-state index in [1.807, 2.05) is 56.9 Å². The van der Waals surface area contributed by atoms with Gasteiger partial charge >= 0.3 is 0 Å². The molecule has 32 heavy (non-hydrogen) atoms. The summed E-state index contributed by atoms with van der Waals surface area (Å²) < 4.78 is 20.0. The summed E-state index contributed by atoms with van der Waals surface area (Å²) >= 11 is 0. The quantitative estimate of drug-likeness (QED) is 0.683. The fourth-order valence-corrected chi connectivity index (χ4v) is 4.10. The Balaban J connectivity index is 1.97. The molecule has 1 heterocycles. The Labute approximate surface area is 190 Å². The third-order valence-corrected chi connectivity index (χ3v) is 5.53. The third-order valence-electron chi connectivity index (χ3n) is 5.53. The number of benzene rings is 2. The van der Waals surface area contributed by atoms with Crippen molar-refractivity contribution >= 4 is 11.8 Å². The van der Waals surface area contributed by atoms with Gasteiger partial charge in [0.15, 0.2) is 6.10 Å². The molecule has 1 aliphatic heterocycles. The van der Waals surface area contributed by atoms with Crippen molar-refractivity contribution in [2.75, 3.05) is 6.54 Å². The zero-order chi connectivity index (χ0) is 23.4. The van der Waals surface area contributed by atoms with Crippen LogP contribution in [0.2, 0.25) is 0 Å². The molecule has 2 aromatic rings. The molecular formula is C26H33FN2O3. The highest BCUT2D eigenvalue weighted by Gasteiger charge is 2.33. The van der Waals surface area contributed by atoms with E-state index in [0.717, 1.165) is 16.7 Å². The van der Waals surface area contributed by atoms with Crippen molar-refractivity contribution in [1.29, 1.82) is 0 Å². The maximum Gasteiger partial charge on any atom is 0.260 e. The Kier molecular flexibility index (Phi) is 7.54. The van der Waals surface area contributed by atoms with Crippen LogP contribution in [0.5, 0.6) is 5.75 Å². The number of halogens is 1. The Hall–Kier alpha value is -2.89. The van der Waals surface area contributed by atoms with Crippen molar-refractivity contribution in [3.8, 4) is 5.75 Å². The predicted molar refractivity (Wildman–Crippen MR) is 123 cm³/mol. The van der Waals surface area contributed by atoms with Gasteiger partial charge in [-0.05, 0) is 74.1 Å². The summed E-state index contributed by atoms with van der Waals surface area (Å²) in [6.45, 7) is 10.1. The topological polar surface area (TPSA) is 58.6 Å². The summed E-state index contributed by atoms with van der Waals surface area (Å²) in [5, 5.41) is 2.85. The predicted octanol–water partition coefficient (Wildman–Crippen LogP) is 4.64. The van der Waals surface area contributed by atoms with Crippen LogP contribution in [0.25, 0.3) is 0 Å². The number of ether oxygens (including phenoxy) is 1. The summed E-state index contributed by atoms with van der Waals surface area (Å²) in [5.41, 5.74) is 2.73. The van der Waals surface area contributed by atoms with Crippen molar-refractivity contribution in [3.63, 3.8) is 0 Å². The number of amides is 2. The molecule has 2 amide bonds. The van der Waals surface area contributed by atoms with Gasteiger partial charge < -0.3 is 15.0 Å². The largest absolute Gasteiger partial charge is 0.481 e. The fourth-order valence-electron chi connectivity index (χ4n) is 4.10. The van der Waals surface area contributed by atoms with Gasteiger partial charge in [0.1, 0.15) is 11.6 Å². The van der Waals surface area contributed by atoms with E-state index in [1.165, 1.54) is 12.1 Å². The van der Waals surface area contributed by atoms with E-state index in [-0.39, 0.29) is 29.6 Å². The van der Waals surface area contributed by atoms with Gasteiger partial charge in [-0.3, -0.25) is 9.59 Å². The van der Waals surface area contributed by atoms with Crippen LogP contribution in [0.3, 0.4) is 0 Å². The molecule has 0 spiro atoms. The maximum absolute atomic E-state index is 14.1. The van der Waals surface area contributed by atoms with Gasteiger partial charge in [0.05, 0.1) is 6.04 Å². The monoisotopic (exact) mass is 440 g/mol. The normalized spacial score (nSPS) is 16.6. The fraction of sp³-hybridized carbons (Fsp3) is 0.462. The molecule has 0 bridgehead atoms. The Morgan fingerprint density at radius 1 is 1.12 bits per heavy atom. The number of hydrogen-bond acceptors (Lipinski definition) is 3. The highest BCUT2D eigenvalue weighted by atomic mass is 19.1. The first-order valence-electron chi connectivity index (χ1n) is 11.3. The molecular weight excluding hydrogens is 407 g/mol. The number of rotatable bonds is 7. The zero-order valence-electron chi connectivity index (χ0n) is 19.5. The van der Waals surface area contributed by atoms with Crippen LogP contribution in [0.15, 0.2) is 42.5 Å². The Bertz CT molecular complexity index is 973. The lowest BCUT2D eigenvalue weighted by Gasteiger charge is -2.38. The molecule has 3 rings (SSSR count). The van der Waals surface area contributed by atoms with Crippen molar-refractivity contribution in [2.24, 2.45) is 5.92 Å². The third kappa shape index (κ3) is 5.67. The number of hydrogen-bond donors (Lipinski definition) is 1. The number of nitrogens with zero attached hydrogens (tertiary/aromatic N) is 1. The summed E-state index contributed by atoms with van der Waals surface area (Å²) in [5.74, 6) is 0.308. The van der Waals surface area contributed by atoms with Gasteiger partial charge in [0.25, 0.3) is 5.91 Å². The lowest BCUT2D eigenvalue weighted by molar-refractivity contribution is -0.134. The molecule has 0 saturated heterocycles. The van der Waals surface area contributed by atoms with Crippen molar-refractivity contribution < 1.29 is 18.7 Å². The molecule has 1 N–H and O–H groups in total. The molecule has 0 aliphatic carbocycles. The molecule has 0 aromatic heterocycles. The summed E-state index contributed by atoms with van der Waals surface area (Å²) in [6.07, 6.45) is 0.489.